The first-order chi connectivity index (χ1) is 8.63. The summed E-state index contributed by atoms with van der Waals surface area (Å²) in [5, 5.41) is 10.1. The molecule has 1 aliphatic rings. The van der Waals surface area contributed by atoms with Crippen LogP contribution in [0.2, 0.25) is 5.02 Å². The van der Waals surface area contributed by atoms with Crippen LogP contribution in [0.15, 0.2) is 18.2 Å². The Morgan fingerprint density at radius 2 is 2.33 bits per heavy atom. The van der Waals surface area contributed by atoms with Gasteiger partial charge in [-0.25, -0.2) is 4.39 Å². The zero-order valence-electron chi connectivity index (χ0n) is 10.3. The number of likely N-dealkylation sites (tertiary alicyclic amines) is 1. The Kier molecular flexibility index (Phi) is 4.56. The molecule has 1 heterocycles. The first-order valence-corrected chi connectivity index (χ1v) is 6.37. The fourth-order valence-electron chi connectivity index (χ4n) is 2.43. The molecule has 1 N–H and O–H groups in total. The molecule has 100 valence electrons. The smallest absolute Gasteiger partial charge is 0.141 e. The van der Waals surface area contributed by atoms with Crippen LogP contribution in [-0.2, 0) is 4.74 Å². The predicted molar refractivity (Wildman–Crippen MR) is 68.2 cm³/mol. The lowest BCUT2D eigenvalue weighted by molar-refractivity contribution is 0.0934. The minimum absolute atomic E-state index is 0.0956. The second-order valence-corrected chi connectivity index (χ2v) is 4.91. The van der Waals surface area contributed by atoms with Gasteiger partial charge < -0.3 is 9.84 Å². The standard InChI is InChI=1S/C13H17ClFNO2/c1-18-7-6-16-5-4-12(17)13(16)9-2-3-11(15)10(14)8-9/h2-3,8,12-13,17H,4-7H2,1H3. The minimum Gasteiger partial charge on any atom is -0.391 e. The van der Waals surface area contributed by atoms with Gasteiger partial charge in [0, 0.05) is 20.2 Å². The van der Waals surface area contributed by atoms with Crippen molar-refractivity contribution in [2.45, 2.75) is 18.6 Å². The average Bonchev–Trinajstić information content (AvgIpc) is 2.71. The zero-order chi connectivity index (χ0) is 13.1. The van der Waals surface area contributed by atoms with Crippen molar-refractivity contribution in [3.8, 4) is 0 Å². The zero-order valence-corrected chi connectivity index (χ0v) is 11.0. The van der Waals surface area contributed by atoms with Crippen LogP contribution in [0.25, 0.3) is 0 Å². The number of methoxy groups -OCH3 is 1. The Hall–Kier alpha value is -0.680. The number of nitrogens with zero attached hydrogens (tertiary/aromatic N) is 1. The number of hydrogen-bond donors (Lipinski definition) is 1. The molecule has 0 radical (unpaired) electrons. The molecule has 0 amide bonds. The highest BCUT2D eigenvalue weighted by Crippen LogP contribution is 2.33. The van der Waals surface area contributed by atoms with Crippen molar-refractivity contribution in [3.05, 3.63) is 34.6 Å². The molecule has 2 atom stereocenters. The summed E-state index contributed by atoms with van der Waals surface area (Å²) in [6.07, 6.45) is 0.270. The van der Waals surface area contributed by atoms with Crippen LogP contribution in [0.5, 0.6) is 0 Å². The lowest BCUT2D eigenvalue weighted by Gasteiger charge is -2.26. The SMILES string of the molecule is COCCN1CCC(O)C1c1ccc(F)c(Cl)c1. The third kappa shape index (κ3) is 2.83. The maximum Gasteiger partial charge on any atom is 0.141 e. The molecular formula is C13H17ClFNO2. The molecule has 0 aliphatic carbocycles. The number of aliphatic hydroxyl groups excluding tert-OH is 1. The Bertz CT molecular complexity index is 416. The van der Waals surface area contributed by atoms with E-state index < -0.39 is 11.9 Å². The number of rotatable bonds is 4. The molecule has 1 aromatic carbocycles. The summed E-state index contributed by atoms with van der Waals surface area (Å²) in [7, 11) is 1.65. The molecule has 0 saturated carbocycles. The van der Waals surface area contributed by atoms with E-state index in [0.29, 0.717) is 13.0 Å². The first-order valence-electron chi connectivity index (χ1n) is 5.99. The summed E-state index contributed by atoms with van der Waals surface area (Å²) in [6.45, 7) is 2.16. The summed E-state index contributed by atoms with van der Waals surface area (Å²) in [5.41, 5.74) is 0.850. The van der Waals surface area contributed by atoms with Gasteiger partial charge in [0.15, 0.2) is 0 Å². The van der Waals surface area contributed by atoms with E-state index in [-0.39, 0.29) is 11.1 Å². The summed E-state index contributed by atoms with van der Waals surface area (Å²) in [6, 6.07) is 4.49. The molecular weight excluding hydrogens is 257 g/mol. The molecule has 0 bridgehead atoms. The lowest BCUT2D eigenvalue weighted by Crippen LogP contribution is -2.30. The van der Waals surface area contributed by atoms with Crippen molar-refractivity contribution in [2.75, 3.05) is 26.8 Å². The van der Waals surface area contributed by atoms with E-state index in [2.05, 4.69) is 4.90 Å². The highest BCUT2D eigenvalue weighted by Gasteiger charge is 2.33. The average molecular weight is 274 g/mol. The van der Waals surface area contributed by atoms with Crippen LogP contribution in [0.3, 0.4) is 0 Å². The molecule has 1 saturated heterocycles. The molecule has 1 aliphatic heterocycles. The molecule has 2 unspecified atom stereocenters. The quantitative estimate of drug-likeness (QED) is 0.913. The monoisotopic (exact) mass is 273 g/mol. The van der Waals surface area contributed by atoms with Gasteiger partial charge in [-0.1, -0.05) is 17.7 Å². The minimum atomic E-state index is -0.441. The Morgan fingerprint density at radius 3 is 3.00 bits per heavy atom. The highest BCUT2D eigenvalue weighted by molar-refractivity contribution is 6.30. The Balaban J connectivity index is 2.19. The molecule has 0 spiro atoms. The van der Waals surface area contributed by atoms with Gasteiger partial charge in [-0.05, 0) is 24.1 Å². The van der Waals surface area contributed by atoms with E-state index in [1.54, 1.807) is 19.2 Å². The van der Waals surface area contributed by atoms with Crippen LogP contribution >= 0.6 is 11.6 Å². The van der Waals surface area contributed by atoms with Crippen LogP contribution < -0.4 is 0 Å². The molecule has 18 heavy (non-hydrogen) atoms. The maximum atomic E-state index is 13.2. The van der Waals surface area contributed by atoms with Crippen LogP contribution in [0, 0.1) is 5.82 Å². The number of hydrogen-bond acceptors (Lipinski definition) is 3. The van der Waals surface area contributed by atoms with Gasteiger partial charge in [0.1, 0.15) is 5.82 Å². The van der Waals surface area contributed by atoms with Crippen molar-refractivity contribution in [1.82, 2.24) is 4.90 Å². The summed E-state index contributed by atoms with van der Waals surface area (Å²) in [4.78, 5) is 2.14. The van der Waals surface area contributed by atoms with E-state index in [9.17, 15) is 9.50 Å². The number of benzene rings is 1. The van der Waals surface area contributed by atoms with Gasteiger partial charge in [0.05, 0.1) is 23.8 Å². The third-order valence-corrected chi connectivity index (χ3v) is 3.63. The van der Waals surface area contributed by atoms with Crippen molar-refractivity contribution in [2.24, 2.45) is 0 Å². The number of ether oxygens (including phenoxy) is 1. The molecule has 0 aromatic heterocycles. The lowest BCUT2D eigenvalue weighted by atomic mass is 10.0. The Labute approximate surface area is 111 Å². The van der Waals surface area contributed by atoms with Crippen LogP contribution in [0.1, 0.15) is 18.0 Å². The van der Waals surface area contributed by atoms with E-state index >= 15 is 0 Å². The van der Waals surface area contributed by atoms with Crippen molar-refractivity contribution < 1.29 is 14.2 Å². The van der Waals surface area contributed by atoms with E-state index in [0.717, 1.165) is 18.7 Å². The first kappa shape index (κ1) is 13.7. The summed E-state index contributed by atoms with van der Waals surface area (Å²) >= 11 is 5.79. The predicted octanol–water partition coefficient (Wildman–Crippen LogP) is 2.23. The second kappa shape index (κ2) is 5.97. The van der Waals surface area contributed by atoms with E-state index in [4.69, 9.17) is 16.3 Å². The molecule has 1 fully saturated rings. The number of aliphatic hydroxyl groups is 1. The van der Waals surface area contributed by atoms with Crippen molar-refractivity contribution in [3.63, 3.8) is 0 Å². The largest absolute Gasteiger partial charge is 0.391 e. The van der Waals surface area contributed by atoms with Crippen LogP contribution in [-0.4, -0.2) is 42.9 Å². The Morgan fingerprint density at radius 1 is 1.56 bits per heavy atom. The van der Waals surface area contributed by atoms with Gasteiger partial charge in [0.2, 0.25) is 0 Å². The van der Waals surface area contributed by atoms with Crippen LogP contribution in [0.4, 0.5) is 4.39 Å². The van der Waals surface area contributed by atoms with Gasteiger partial charge in [-0.2, -0.15) is 0 Å². The summed E-state index contributed by atoms with van der Waals surface area (Å²) < 4.78 is 18.2. The van der Waals surface area contributed by atoms with Gasteiger partial charge >= 0.3 is 0 Å². The topological polar surface area (TPSA) is 32.7 Å². The van der Waals surface area contributed by atoms with Crippen molar-refractivity contribution >= 4 is 11.6 Å². The fourth-order valence-corrected chi connectivity index (χ4v) is 2.62. The molecule has 3 nitrogen and oxygen atoms in total. The summed E-state index contributed by atoms with van der Waals surface area (Å²) in [5.74, 6) is -0.434. The fraction of sp³-hybridized carbons (Fsp3) is 0.538. The van der Waals surface area contributed by atoms with Crippen molar-refractivity contribution in [1.29, 1.82) is 0 Å². The molecule has 2 rings (SSSR count). The maximum absolute atomic E-state index is 13.2. The third-order valence-electron chi connectivity index (χ3n) is 3.34. The highest BCUT2D eigenvalue weighted by atomic mass is 35.5. The van der Waals surface area contributed by atoms with Gasteiger partial charge in [-0.15, -0.1) is 0 Å². The van der Waals surface area contributed by atoms with E-state index in [1.807, 2.05) is 0 Å². The molecule has 1 aromatic rings. The number of halogens is 2. The van der Waals surface area contributed by atoms with Gasteiger partial charge in [0.25, 0.3) is 0 Å². The van der Waals surface area contributed by atoms with E-state index in [1.165, 1.54) is 6.07 Å². The normalized spacial score (nSPS) is 24.7. The molecule has 5 heteroatoms. The second-order valence-electron chi connectivity index (χ2n) is 4.50. The van der Waals surface area contributed by atoms with Gasteiger partial charge in [-0.3, -0.25) is 4.90 Å².